The molecule has 1 amide bonds. The topological polar surface area (TPSA) is 103 Å². The Morgan fingerprint density at radius 3 is 2.63 bits per heavy atom. The van der Waals surface area contributed by atoms with Crippen LogP contribution in [0.1, 0.15) is 27.2 Å². The molecular weight excluding hydrogens is 404 g/mol. The standard InChI is InChI=1S/C20H17ClN8O/c1-14-18(19(21)28(25-14)12-15-5-3-2-4-6-15)11-22-24-20(30)16-7-9-17(10-8-16)29-13-23-26-27-29/h2-11,13H,12H2,1H3,(H,24,30)/b22-11+. The van der Waals surface area contributed by atoms with Gasteiger partial charge in [-0.3, -0.25) is 4.79 Å². The van der Waals surface area contributed by atoms with Gasteiger partial charge in [0.1, 0.15) is 11.5 Å². The first-order valence-electron chi connectivity index (χ1n) is 9.05. The van der Waals surface area contributed by atoms with E-state index in [-0.39, 0.29) is 5.91 Å². The molecule has 0 aliphatic rings. The number of nitrogens with zero attached hydrogens (tertiary/aromatic N) is 7. The maximum atomic E-state index is 12.3. The van der Waals surface area contributed by atoms with Crippen LogP contribution in [0, 0.1) is 6.92 Å². The van der Waals surface area contributed by atoms with Crippen LogP contribution in [-0.4, -0.2) is 42.1 Å². The zero-order valence-electron chi connectivity index (χ0n) is 16.0. The maximum absolute atomic E-state index is 12.3. The zero-order chi connectivity index (χ0) is 20.9. The van der Waals surface area contributed by atoms with Gasteiger partial charge in [0.15, 0.2) is 0 Å². The van der Waals surface area contributed by atoms with Crippen LogP contribution in [-0.2, 0) is 6.54 Å². The molecule has 0 aliphatic carbocycles. The van der Waals surface area contributed by atoms with E-state index >= 15 is 0 Å². The quantitative estimate of drug-likeness (QED) is 0.381. The van der Waals surface area contributed by atoms with E-state index in [9.17, 15) is 4.79 Å². The minimum Gasteiger partial charge on any atom is -0.267 e. The van der Waals surface area contributed by atoms with Gasteiger partial charge < -0.3 is 0 Å². The van der Waals surface area contributed by atoms with Crippen molar-refractivity contribution in [3.8, 4) is 5.69 Å². The minimum atomic E-state index is -0.347. The Hall–Kier alpha value is -3.85. The molecule has 10 heteroatoms. The second kappa shape index (κ2) is 8.66. The second-order valence-electron chi connectivity index (χ2n) is 6.43. The molecule has 1 N–H and O–H groups in total. The summed E-state index contributed by atoms with van der Waals surface area (Å²) in [5.41, 5.74) is 6.16. The summed E-state index contributed by atoms with van der Waals surface area (Å²) in [5, 5.41) is 19.9. The van der Waals surface area contributed by atoms with Crippen molar-refractivity contribution >= 4 is 23.7 Å². The van der Waals surface area contributed by atoms with Crippen molar-refractivity contribution in [2.45, 2.75) is 13.5 Å². The summed E-state index contributed by atoms with van der Waals surface area (Å²) in [5.74, 6) is -0.347. The number of aryl methyl sites for hydroxylation is 1. The normalized spacial score (nSPS) is 11.1. The van der Waals surface area contributed by atoms with Crippen molar-refractivity contribution in [1.82, 2.24) is 35.4 Å². The van der Waals surface area contributed by atoms with Gasteiger partial charge in [0.05, 0.1) is 29.7 Å². The van der Waals surface area contributed by atoms with Gasteiger partial charge in [0.25, 0.3) is 5.91 Å². The minimum absolute atomic E-state index is 0.347. The lowest BCUT2D eigenvalue weighted by Gasteiger charge is -2.03. The van der Waals surface area contributed by atoms with Gasteiger partial charge in [-0.15, -0.1) is 5.10 Å². The number of hydrazone groups is 1. The molecule has 30 heavy (non-hydrogen) atoms. The molecule has 0 aliphatic heterocycles. The van der Waals surface area contributed by atoms with E-state index in [0.29, 0.717) is 22.8 Å². The number of carbonyl (C=O) groups is 1. The van der Waals surface area contributed by atoms with Crippen molar-refractivity contribution in [2.75, 3.05) is 0 Å². The second-order valence-corrected chi connectivity index (χ2v) is 6.79. The van der Waals surface area contributed by atoms with Gasteiger partial charge >= 0.3 is 0 Å². The average Bonchev–Trinajstić information content (AvgIpc) is 3.39. The Kier molecular flexibility index (Phi) is 5.62. The van der Waals surface area contributed by atoms with Gasteiger partial charge in [0.2, 0.25) is 0 Å². The molecule has 150 valence electrons. The fourth-order valence-electron chi connectivity index (χ4n) is 2.84. The van der Waals surface area contributed by atoms with Gasteiger partial charge in [-0.25, -0.2) is 14.8 Å². The summed E-state index contributed by atoms with van der Waals surface area (Å²) in [6.45, 7) is 2.39. The molecule has 2 heterocycles. The number of benzene rings is 2. The SMILES string of the molecule is Cc1nn(Cc2ccccc2)c(Cl)c1/C=N/NC(=O)c1ccc(-n2cnnn2)cc1. The molecule has 0 spiro atoms. The van der Waals surface area contributed by atoms with E-state index in [1.165, 1.54) is 17.2 Å². The number of nitrogens with one attached hydrogen (secondary N) is 1. The third-order valence-electron chi connectivity index (χ3n) is 4.39. The average molecular weight is 421 g/mol. The van der Waals surface area contributed by atoms with Gasteiger partial charge in [0, 0.05) is 5.56 Å². The number of rotatable bonds is 6. The van der Waals surface area contributed by atoms with E-state index in [0.717, 1.165) is 16.9 Å². The lowest BCUT2D eigenvalue weighted by molar-refractivity contribution is 0.0955. The molecule has 4 aromatic rings. The summed E-state index contributed by atoms with van der Waals surface area (Å²) in [7, 11) is 0. The molecule has 0 radical (unpaired) electrons. The highest BCUT2D eigenvalue weighted by molar-refractivity contribution is 6.32. The molecule has 9 nitrogen and oxygen atoms in total. The Bertz CT molecular complexity index is 1170. The van der Waals surface area contributed by atoms with E-state index in [1.807, 2.05) is 37.3 Å². The highest BCUT2D eigenvalue weighted by atomic mass is 35.5. The Labute approximate surface area is 177 Å². The Morgan fingerprint density at radius 1 is 1.17 bits per heavy atom. The molecule has 0 atom stereocenters. The van der Waals surface area contributed by atoms with E-state index in [4.69, 9.17) is 11.6 Å². The number of amides is 1. The first kappa shape index (κ1) is 19.5. The van der Waals surface area contributed by atoms with Crippen molar-refractivity contribution < 1.29 is 4.79 Å². The number of tetrazole rings is 1. The summed E-state index contributed by atoms with van der Waals surface area (Å²) in [6, 6.07) is 16.7. The number of carbonyl (C=O) groups excluding carboxylic acids is 1. The summed E-state index contributed by atoms with van der Waals surface area (Å²) >= 11 is 6.46. The van der Waals surface area contributed by atoms with Gasteiger partial charge in [-0.05, 0) is 47.2 Å². The predicted molar refractivity (Wildman–Crippen MR) is 112 cm³/mol. The van der Waals surface area contributed by atoms with Crippen molar-refractivity contribution in [3.05, 3.63) is 88.5 Å². The fourth-order valence-corrected chi connectivity index (χ4v) is 3.12. The van der Waals surface area contributed by atoms with E-state index < -0.39 is 0 Å². The van der Waals surface area contributed by atoms with E-state index in [2.05, 4.69) is 31.2 Å². The number of halogens is 1. The monoisotopic (exact) mass is 420 g/mol. The van der Waals surface area contributed by atoms with E-state index in [1.54, 1.807) is 28.9 Å². The highest BCUT2D eigenvalue weighted by Crippen LogP contribution is 2.19. The fraction of sp³-hybridized carbons (Fsp3) is 0.100. The molecule has 0 unspecified atom stereocenters. The van der Waals surface area contributed by atoms with Crippen LogP contribution in [0.4, 0.5) is 0 Å². The molecule has 2 aromatic heterocycles. The molecule has 0 bridgehead atoms. The molecule has 2 aromatic carbocycles. The Morgan fingerprint density at radius 2 is 1.93 bits per heavy atom. The van der Waals surface area contributed by atoms with Crippen LogP contribution in [0.3, 0.4) is 0 Å². The summed E-state index contributed by atoms with van der Waals surface area (Å²) < 4.78 is 3.20. The molecular formula is C20H17ClN8O. The predicted octanol–water partition coefficient (Wildman–Crippen LogP) is 2.63. The van der Waals surface area contributed by atoms with Crippen molar-refractivity contribution in [1.29, 1.82) is 0 Å². The van der Waals surface area contributed by atoms with Gasteiger partial charge in [-0.2, -0.15) is 10.2 Å². The lowest BCUT2D eigenvalue weighted by atomic mass is 10.2. The zero-order valence-corrected chi connectivity index (χ0v) is 16.7. The van der Waals surface area contributed by atoms with Crippen LogP contribution < -0.4 is 5.43 Å². The smallest absolute Gasteiger partial charge is 0.267 e. The number of hydrogen-bond acceptors (Lipinski definition) is 6. The molecule has 4 rings (SSSR count). The number of hydrogen-bond donors (Lipinski definition) is 1. The highest BCUT2D eigenvalue weighted by Gasteiger charge is 2.12. The van der Waals surface area contributed by atoms with Crippen LogP contribution in [0.25, 0.3) is 5.69 Å². The van der Waals surface area contributed by atoms with Crippen LogP contribution in [0.2, 0.25) is 5.15 Å². The van der Waals surface area contributed by atoms with Crippen molar-refractivity contribution in [3.63, 3.8) is 0 Å². The first-order valence-corrected chi connectivity index (χ1v) is 9.43. The summed E-state index contributed by atoms with van der Waals surface area (Å²) in [4.78, 5) is 12.3. The number of aromatic nitrogens is 6. The molecule has 0 fully saturated rings. The van der Waals surface area contributed by atoms with Crippen LogP contribution >= 0.6 is 11.6 Å². The van der Waals surface area contributed by atoms with Crippen LogP contribution in [0.5, 0.6) is 0 Å². The maximum Gasteiger partial charge on any atom is 0.271 e. The van der Waals surface area contributed by atoms with Crippen LogP contribution in [0.15, 0.2) is 66.0 Å². The molecule has 0 saturated heterocycles. The largest absolute Gasteiger partial charge is 0.271 e. The third kappa shape index (κ3) is 4.26. The lowest BCUT2D eigenvalue weighted by Crippen LogP contribution is -2.17. The van der Waals surface area contributed by atoms with Crippen molar-refractivity contribution in [2.24, 2.45) is 5.10 Å². The summed E-state index contributed by atoms with van der Waals surface area (Å²) in [6.07, 6.45) is 2.98. The third-order valence-corrected chi connectivity index (χ3v) is 4.79. The van der Waals surface area contributed by atoms with Gasteiger partial charge in [-0.1, -0.05) is 41.9 Å². The Balaban J connectivity index is 1.42. The molecule has 0 saturated carbocycles. The first-order chi connectivity index (χ1) is 14.6.